The standard InChI is InChI=1S/C9H10Cl2O/c1-6(10)9(12)7-2-4-8(11)5-3-7/h2-6,9,12H,1H3. The van der Waals surface area contributed by atoms with Gasteiger partial charge < -0.3 is 5.11 Å². The molecule has 0 aliphatic heterocycles. The highest BCUT2D eigenvalue weighted by atomic mass is 35.5. The predicted octanol–water partition coefficient (Wildman–Crippen LogP) is 3.00. The molecule has 12 heavy (non-hydrogen) atoms. The Morgan fingerprint density at radius 3 is 2.17 bits per heavy atom. The molecule has 0 fully saturated rings. The Morgan fingerprint density at radius 2 is 1.75 bits per heavy atom. The van der Waals surface area contributed by atoms with Crippen molar-refractivity contribution in [3.63, 3.8) is 0 Å². The van der Waals surface area contributed by atoms with Gasteiger partial charge in [0.15, 0.2) is 0 Å². The van der Waals surface area contributed by atoms with E-state index in [1.165, 1.54) is 0 Å². The molecule has 1 nitrogen and oxygen atoms in total. The zero-order valence-corrected chi connectivity index (χ0v) is 8.18. The highest BCUT2D eigenvalue weighted by Gasteiger charge is 2.12. The Bertz CT molecular complexity index is 243. The quantitative estimate of drug-likeness (QED) is 0.735. The first kappa shape index (κ1) is 9.85. The first-order valence-corrected chi connectivity index (χ1v) is 4.50. The van der Waals surface area contributed by atoms with Crippen molar-refractivity contribution in [2.45, 2.75) is 18.4 Å². The minimum Gasteiger partial charge on any atom is -0.387 e. The normalized spacial score (nSPS) is 15.7. The van der Waals surface area contributed by atoms with Crippen molar-refractivity contribution >= 4 is 23.2 Å². The number of hydrogen-bond donors (Lipinski definition) is 1. The van der Waals surface area contributed by atoms with Gasteiger partial charge in [-0.15, -0.1) is 11.6 Å². The number of halogens is 2. The third kappa shape index (κ3) is 2.37. The second-order valence-corrected chi connectivity index (χ2v) is 3.80. The van der Waals surface area contributed by atoms with Crippen LogP contribution in [0.2, 0.25) is 5.02 Å². The summed E-state index contributed by atoms with van der Waals surface area (Å²) in [5, 5.41) is 9.89. The van der Waals surface area contributed by atoms with Crippen LogP contribution in [0.3, 0.4) is 0 Å². The Labute approximate surface area is 81.9 Å². The first-order valence-electron chi connectivity index (χ1n) is 3.69. The second-order valence-electron chi connectivity index (χ2n) is 2.67. The van der Waals surface area contributed by atoms with Gasteiger partial charge >= 0.3 is 0 Å². The van der Waals surface area contributed by atoms with Gasteiger partial charge in [-0.2, -0.15) is 0 Å². The lowest BCUT2D eigenvalue weighted by molar-refractivity contribution is 0.177. The Kier molecular flexibility index (Phi) is 3.39. The summed E-state index contributed by atoms with van der Waals surface area (Å²) in [6.07, 6.45) is -0.621. The molecule has 1 N–H and O–H groups in total. The molecule has 0 radical (unpaired) electrons. The molecular formula is C9H10Cl2O. The van der Waals surface area contributed by atoms with Gasteiger partial charge in [0.2, 0.25) is 0 Å². The van der Waals surface area contributed by atoms with E-state index in [1.54, 1.807) is 31.2 Å². The van der Waals surface area contributed by atoms with Gasteiger partial charge in [-0.25, -0.2) is 0 Å². The van der Waals surface area contributed by atoms with Crippen LogP contribution < -0.4 is 0 Å². The van der Waals surface area contributed by atoms with E-state index in [9.17, 15) is 5.11 Å². The molecule has 0 saturated heterocycles. The fourth-order valence-electron chi connectivity index (χ4n) is 0.925. The average Bonchev–Trinajstić information content (AvgIpc) is 2.04. The van der Waals surface area contributed by atoms with Crippen LogP contribution in [0.4, 0.5) is 0 Å². The largest absolute Gasteiger partial charge is 0.387 e. The predicted molar refractivity (Wildman–Crippen MR) is 51.7 cm³/mol. The van der Waals surface area contributed by atoms with Crippen molar-refractivity contribution < 1.29 is 5.11 Å². The van der Waals surface area contributed by atoms with E-state index in [0.29, 0.717) is 5.02 Å². The number of hydrogen-bond acceptors (Lipinski definition) is 1. The van der Waals surface area contributed by atoms with Gasteiger partial charge in [-0.1, -0.05) is 23.7 Å². The monoisotopic (exact) mass is 204 g/mol. The van der Waals surface area contributed by atoms with Crippen LogP contribution in [0.25, 0.3) is 0 Å². The van der Waals surface area contributed by atoms with E-state index in [-0.39, 0.29) is 5.38 Å². The topological polar surface area (TPSA) is 20.2 Å². The molecule has 1 aromatic rings. The molecule has 0 saturated carbocycles. The zero-order chi connectivity index (χ0) is 9.14. The molecule has 0 heterocycles. The fraction of sp³-hybridized carbons (Fsp3) is 0.333. The fourth-order valence-corrected chi connectivity index (χ4v) is 1.20. The Morgan fingerprint density at radius 1 is 1.25 bits per heavy atom. The van der Waals surface area contributed by atoms with Crippen molar-refractivity contribution in [2.75, 3.05) is 0 Å². The van der Waals surface area contributed by atoms with Crippen LogP contribution in [0, 0.1) is 0 Å². The molecule has 1 aromatic carbocycles. The lowest BCUT2D eigenvalue weighted by atomic mass is 10.1. The van der Waals surface area contributed by atoms with Crippen molar-refractivity contribution in [3.8, 4) is 0 Å². The molecule has 3 heteroatoms. The van der Waals surface area contributed by atoms with Crippen molar-refractivity contribution in [1.29, 1.82) is 0 Å². The number of alkyl halides is 1. The highest BCUT2D eigenvalue weighted by Crippen LogP contribution is 2.21. The maximum absolute atomic E-state index is 9.51. The van der Waals surface area contributed by atoms with E-state index >= 15 is 0 Å². The molecule has 1 rings (SSSR count). The Hall–Kier alpha value is -0.240. The second kappa shape index (κ2) is 4.13. The minimum absolute atomic E-state index is 0.286. The molecule has 0 spiro atoms. The molecule has 0 aliphatic rings. The van der Waals surface area contributed by atoms with Crippen molar-refractivity contribution in [2.24, 2.45) is 0 Å². The molecule has 2 unspecified atom stereocenters. The highest BCUT2D eigenvalue weighted by molar-refractivity contribution is 6.30. The number of aliphatic hydroxyl groups excluding tert-OH is 1. The number of rotatable bonds is 2. The SMILES string of the molecule is CC(Cl)C(O)c1ccc(Cl)cc1. The number of aliphatic hydroxyl groups is 1. The van der Waals surface area contributed by atoms with E-state index in [0.717, 1.165) is 5.56 Å². The zero-order valence-electron chi connectivity index (χ0n) is 6.67. The van der Waals surface area contributed by atoms with Crippen LogP contribution in [0.5, 0.6) is 0 Å². The Balaban J connectivity index is 2.82. The van der Waals surface area contributed by atoms with Crippen LogP contribution in [0.15, 0.2) is 24.3 Å². The van der Waals surface area contributed by atoms with Crippen LogP contribution in [-0.2, 0) is 0 Å². The summed E-state index contributed by atoms with van der Waals surface area (Å²) in [5.41, 5.74) is 0.793. The molecule has 0 aliphatic carbocycles. The summed E-state index contributed by atoms with van der Waals surface area (Å²) in [6, 6.07) is 7.01. The lowest BCUT2D eigenvalue weighted by Gasteiger charge is -2.12. The summed E-state index contributed by atoms with van der Waals surface area (Å²) in [7, 11) is 0. The van der Waals surface area contributed by atoms with Crippen LogP contribution in [0.1, 0.15) is 18.6 Å². The summed E-state index contributed by atoms with van der Waals surface area (Å²) >= 11 is 11.4. The summed E-state index contributed by atoms with van der Waals surface area (Å²) in [4.78, 5) is 0. The van der Waals surface area contributed by atoms with Crippen LogP contribution >= 0.6 is 23.2 Å². The van der Waals surface area contributed by atoms with Gasteiger partial charge in [0.1, 0.15) is 0 Å². The van der Waals surface area contributed by atoms with Crippen LogP contribution in [-0.4, -0.2) is 10.5 Å². The molecule has 0 aromatic heterocycles. The molecule has 0 bridgehead atoms. The third-order valence-corrected chi connectivity index (χ3v) is 2.14. The van der Waals surface area contributed by atoms with Crippen molar-refractivity contribution in [3.05, 3.63) is 34.9 Å². The van der Waals surface area contributed by atoms with Gasteiger partial charge in [0, 0.05) is 5.02 Å². The molecule has 0 amide bonds. The summed E-state index contributed by atoms with van der Waals surface area (Å²) in [6.45, 7) is 1.75. The maximum Gasteiger partial charge on any atom is 0.0950 e. The van der Waals surface area contributed by atoms with E-state index in [1.807, 2.05) is 0 Å². The lowest BCUT2D eigenvalue weighted by Crippen LogP contribution is -2.07. The van der Waals surface area contributed by atoms with Gasteiger partial charge in [0.25, 0.3) is 0 Å². The smallest absolute Gasteiger partial charge is 0.0950 e. The first-order chi connectivity index (χ1) is 5.61. The van der Waals surface area contributed by atoms with E-state index in [4.69, 9.17) is 23.2 Å². The molecule has 2 atom stereocenters. The van der Waals surface area contributed by atoms with E-state index < -0.39 is 6.10 Å². The van der Waals surface area contributed by atoms with Gasteiger partial charge in [-0.05, 0) is 24.6 Å². The maximum atomic E-state index is 9.51. The number of benzene rings is 1. The van der Waals surface area contributed by atoms with E-state index in [2.05, 4.69) is 0 Å². The average molecular weight is 205 g/mol. The summed E-state index contributed by atoms with van der Waals surface area (Å²) < 4.78 is 0. The van der Waals surface area contributed by atoms with Gasteiger partial charge in [0.05, 0.1) is 11.5 Å². The minimum atomic E-state index is -0.621. The molecular weight excluding hydrogens is 195 g/mol. The molecule has 66 valence electrons. The third-order valence-electron chi connectivity index (χ3n) is 1.65. The van der Waals surface area contributed by atoms with Crippen molar-refractivity contribution in [1.82, 2.24) is 0 Å². The summed E-state index contributed by atoms with van der Waals surface area (Å²) in [5.74, 6) is 0. The van der Waals surface area contributed by atoms with Gasteiger partial charge in [-0.3, -0.25) is 0 Å².